The van der Waals surface area contributed by atoms with Gasteiger partial charge >= 0.3 is 0 Å². The van der Waals surface area contributed by atoms with E-state index in [1.165, 1.54) is 5.56 Å². The Morgan fingerprint density at radius 2 is 2.25 bits per heavy atom. The minimum absolute atomic E-state index is 0.515. The van der Waals surface area contributed by atoms with Crippen molar-refractivity contribution in [2.45, 2.75) is 6.92 Å². The van der Waals surface area contributed by atoms with Crippen LogP contribution in [0, 0.1) is 6.92 Å². The molecule has 0 heterocycles. The molecule has 0 bridgehead atoms. The fourth-order valence-corrected chi connectivity index (χ4v) is 1.23. The summed E-state index contributed by atoms with van der Waals surface area (Å²) in [5.74, 6) is 0. The molecule has 2 heteroatoms. The van der Waals surface area contributed by atoms with Crippen molar-refractivity contribution >= 4 is 21.5 Å². The van der Waals surface area contributed by atoms with Crippen LogP contribution < -0.4 is 5.73 Å². The van der Waals surface area contributed by atoms with Gasteiger partial charge in [0.1, 0.15) is 0 Å². The van der Waals surface area contributed by atoms with Gasteiger partial charge in [-0.1, -0.05) is 34.6 Å². The maximum absolute atomic E-state index is 5.48. The van der Waals surface area contributed by atoms with E-state index in [2.05, 4.69) is 35.5 Å². The second-order valence-corrected chi connectivity index (χ2v) is 3.63. The van der Waals surface area contributed by atoms with Gasteiger partial charge < -0.3 is 5.73 Å². The molecule has 12 heavy (non-hydrogen) atoms. The van der Waals surface area contributed by atoms with Crippen molar-refractivity contribution in [1.82, 2.24) is 0 Å². The molecule has 0 fully saturated rings. The van der Waals surface area contributed by atoms with Gasteiger partial charge in [-0.05, 0) is 29.7 Å². The molecule has 2 N–H and O–H groups in total. The maximum Gasteiger partial charge on any atom is 0.0204 e. The number of halogens is 1. The molecule has 64 valence electrons. The van der Waals surface area contributed by atoms with Gasteiger partial charge in [0, 0.05) is 11.0 Å². The Morgan fingerprint density at radius 1 is 1.58 bits per heavy atom. The largest absolute Gasteiger partial charge is 0.326 e. The molecule has 1 aromatic carbocycles. The van der Waals surface area contributed by atoms with E-state index >= 15 is 0 Å². The molecule has 0 aliphatic rings. The quantitative estimate of drug-likeness (QED) is 0.824. The van der Waals surface area contributed by atoms with Gasteiger partial charge in [-0.25, -0.2) is 0 Å². The maximum atomic E-state index is 5.48. The van der Waals surface area contributed by atoms with Crippen LogP contribution in [0.1, 0.15) is 11.1 Å². The standard InChI is InChI=1S/C10H12BrN/c1-7-5-9(8(2)6-12)3-4-10(7)11/h3-5H,2,6,12H2,1H3. The molecule has 0 amide bonds. The van der Waals surface area contributed by atoms with E-state index in [4.69, 9.17) is 5.73 Å². The molecule has 1 nitrogen and oxygen atoms in total. The summed E-state index contributed by atoms with van der Waals surface area (Å²) < 4.78 is 1.12. The topological polar surface area (TPSA) is 26.0 Å². The van der Waals surface area contributed by atoms with Crippen LogP contribution in [0.4, 0.5) is 0 Å². The highest BCUT2D eigenvalue weighted by Crippen LogP contribution is 2.20. The smallest absolute Gasteiger partial charge is 0.0204 e. The number of nitrogens with two attached hydrogens (primary N) is 1. The average Bonchev–Trinajstić information content (AvgIpc) is 2.08. The monoisotopic (exact) mass is 225 g/mol. The van der Waals surface area contributed by atoms with Crippen LogP contribution >= 0.6 is 15.9 Å². The number of hydrogen-bond acceptors (Lipinski definition) is 1. The van der Waals surface area contributed by atoms with E-state index in [1.807, 2.05) is 12.1 Å². The Hall–Kier alpha value is -0.600. The summed E-state index contributed by atoms with van der Waals surface area (Å²) in [6.45, 7) is 6.44. The fourth-order valence-electron chi connectivity index (χ4n) is 0.982. The summed E-state index contributed by atoms with van der Waals surface area (Å²) in [6.07, 6.45) is 0. The Labute approximate surface area is 81.4 Å². The third-order valence-corrected chi connectivity index (χ3v) is 2.70. The third kappa shape index (κ3) is 1.96. The van der Waals surface area contributed by atoms with Crippen molar-refractivity contribution in [2.75, 3.05) is 6.54 Å². The van der Waals surface area contributed by atoms with E-state index in [0.29, 0.717) is 6.54 Å². The molecular weight excluding hydrogens is 214 g/mol. The van der Waals surface area contributed by atoms with Crippen LogP contribution in [-0.4, -0.2) is 6.54 Å². The van der Waals surface area contributed by atoms with Crippen molar-refractivity contribution in [3.05, 3.63) is 40.4 Å². The van der Waals surface area contributed by atoms with Crippen LogP contribution in [0.3, 0.4) is 0 Å². The second kappa shape index (κ2) is 3.87. The van der Waals surface area contributed by atoms with Crippen molar-refractivity contribution in [3.8, 4) is 0 Å². The number of hydrogen-bond donors (Lipinski definition) is 1. The summed E-state index contributed by atoms with van der Waals surface area (Å²) in [5, 5.41) is 0. The van der Waals surface area contributed by atoms with Gasteiger partial charge in [0.2, 0.25) is 0 Å². The van der Waals surface area contributed by atoms with Crippen molar-refractivity contribution in [3.63, 3.8) is 0 Å². The lowest BCUT2D eigenvalue weighted by Gasteiger charge is -2.04. The molecule has 0 unspecified atom stereocenters. The Balaban J connectivity index is 3.05. The van der Waals surface area contributed by atoms with Gasteiger partial charge in [-0.3, -0.25) is 0 Å². The molecular formula is C10H12BrN. The number of rotatable bonds is 2. The highest BCUT2D eigenvalue weighted by Gasteiger charge is 1.98. The van der Waals surface area contributed by atoms with Crippen molar-refractivity contribution < 1.29 is 0 Å². The first-order valence-electron chi connectivity index (χ1n) is 3.79. The van der Waals surface area contributed by atoms with E-state index in [0.717, 1.165) is 15.6 Å². The zero-order chi connectivity index (χ0) is 9.14. The summed E-state index contributed by atoms with van der Waals surface area (Å²) >= 11 is 3.44. The van der Waals surface area contributed by atoms with Gasteiger partial charge in [0.15, 0.2) is 0 Å². The number of benzene rings is 1. The van der Waals surface area contributed by atoms with Crippen LogP contribution in [0.5, 0.6) is 0 Å². The minimum atomic E-state index is 0.515. The van der Waals surface area contributed by atoms with Crippen LogP contribution in [0.2, 0.25) is 0 Å². The lowest BCUT2D eigenvalue weighted by molar-refractivity contribution is 1.26. The Morgan fingerprint density at radius 3 is 2.75 bits per heavy atom. The van der Waals surface area contributed by atoms with E-state index < -0.39 is 0 Å². The molecule has 0 aliphatic carbocycles. The molecule has 0 saturated heterocycles. The van der Waals surface area contributed by atoms with E-state index in [9.17, 15) is 0 Å². The predicted octanol–water partition coefficient (Wildman–Crippen LogP) is 2.73. The van der Waals surface area contributed by atoms with Gasteiger partial charge in [0.05, 0.1) is 0 Å². The second-order valence-electron chi connectivity index (χ2n) is 2.77. The van der Waals surface area contributed by atoms with Crippen molar-refractivity contribution in [2.24, 2.45) is 5.73 Å². The van der Waals surface area contributed by atoms with Crippen LogP contribution in [-0.2, 0) is 0 Å². The summed E-state index contributed by atoms with van der Waals surface area (Å²) in [7, 11) is 0. The van der Waals surface area contributed by atoms with Crippen LogP contribution in [0.15, 0.2) is 29.3 Å². The lowest BCUT2D eigenvalue weighted by Crippen LogP contribution is -2.00. The summed E-state index contributed by atoms with van der Waals surface area (Å²) in [4.78, 5) is 0. The molecule has 0 aromatic heterocycles. The number of aryl methyl sites for hydroxylation is 1. The highest BCUT2D eigenvalue weighted by molar-refractivity contribution is 9.10. The Bertz CT molecular complexity index is 305. The first kappa shape index (κ1) is 9.49. The van der Waals surface area contributed by atoms with E-state index in [-0.39, 0.29) is 0 Å². The summed E-state index contributed by atoms with van der Waals surface area (Å²) in [6, 6.07) is 6.12. The van der Waals surface area contributed by atoms with Gasteiger partial charge in [-0.2, -0.15) is 0 Å². The third-order valence-electron chi connectivity index (χ3n) is 1.81. The normalized spacial score (nSPS) is 9.92. The van der Waals surface area contributed by atoms with Crippen LogP contribution in [0.25, 0.3) is 5.57 Å². The summed E-state index contributed by atoms with van der Waals surface area (Å²) in [5.41, 5.74) is 8.79. The first-order chi connectivity index (χ1) is 5.65. The molecule has 0 atom stereocenters. The average molecular weight is 226 g/mol. The molecule has 1 rings (SSSR count). The zero-order valence-corrected chi connectivity index (χ0v) is 8.69. The minimum Gasteiger partial charge on any atom is -0.326 e. The predicted molar refractivity (Wildman–Crippen MR) is 57.0 cm³/mol. The molecule has 1 aromatic rings. The Kier molecular flexibility index (Phi) is 3.06. The SMILES string of the molecule is C=C(CN)c1ccc(Br)c(C)c1. The molecule has 0 saturated carbocycles. The highest BCUT2D eigenvalue weighted by atomic mass is 79.9. The lowest BCUT2D eigenvalue weighted by atomic mass is 10.1. The van der Waals surface area contributed by atoms with E-state index in [1.54, 1.807) is 0 Å². The molecule has 0 spiro atoms. The van der Waals surface area contributed by atoms with Gasteiger partial charge in [0.25, 0.3) is 0 Å². The molecule has 0 aliphatic heterocycles. The zero-order valence-electron chi connectivity index (χ0n) is 7.10. The first-order valence-corrected chi connectivity index (χ1v) is 4.59. The van der Waals surface area contributed by atoms with Crippen molar-refractivity contribution in [1.29, 1.82) is 0 Å². The molecule has 0 radical (unpaired) electrons. The van der Waals surface area contributed by atoms with Gasteiger partial charge in [-0.15, -0.1) is 0 Å². The fraction of sp³-hybridized carbons (Fsp3) is 0.200.